The van der Waals surface area contributed by atoms with Crippen LogP contribution in [0.5, 0.6) is 5.75 Å². The fraction of sp³-hybridized carbons (Fsp3) is 0.333. The summed E-state index contributed by atoms with van der Waals surface area (Å²) in [6.45, 7) is 4.96. The number of guanidine groups is 1. The van der Waals surface area contributed by atoms with Crippen molar-refractivity contribution >= 4 is 36.3 Å². The van der Waals surface area contributed by atoms with Gasteiger partial charge in [0, 0.05) is 0 Å². The predicted molar refractivity (Wildman–Crippen MR) is 111 cm³/mol. The normalized spacial score (nSPS) is 21.5. The van der Waals surface area contributed by atoms with Crippen molar-refractivity contribution in [3.05, 3.63) is 53.8 Å². The third-order valence-electron chi connectivity index (χ3n) is 5.62. The number of nitrogens with zero attached hydrogens (tertiary/aromatic N) is 2. The number of ether oxygens (including phenoxy) is 1. The summed E-state index contributed by atoms with van der Waals surface area (Å²) in [6.07, 6.45) is -4.81. The second-order valence-electron chi connectivity index (χ2n) is 7.89. The summed E-state index contributed by atoms with van der Waals surface area (Å²) in [5, 5.41) is 0. The second kappa shape index (κ2) is 7.86. The number of nitrogens with two attached hydrogens (primary N) is 1. The third-order valence-corrected chi connectivity index (χ3v) is 8.31. The Morgan fingerprint density at radius 2 is 1.77 bits per heavy atom. The van der Waals surface area contributed by atoms with Crippen molar-refractivity contribution in [2.24, 2.45) is 16.1 Å². The molecule has 0 saturated heterocycles. The number of alkyl halides is 3. The van der Waals surface area contributed by atoms with E-state index in [0.29, 0.717) is 8.70 Å². The fourth-order valence-corrected chi connectivity index (χ4v) is 5.86. The number of hydrogen-bond donors (Lipinski definition) is 1. The van der Waals surface area contributed by atoms with E-state index in [2.05, 4.69) is 9.73 Å². The van der Waals surface area contributed by atoms with Gasteiger partial charge in [-0.05, 0) is 0 Å². The van der Waals surface area contributed by atoms with E-state index in [9.17, 15) is 22.4 Å². The van der Waals surface area contributed by atoms with E-state index in [1.54, 1.807) is 39.0 Å². The molecule has 0 fully saturated rings. The molecule has 3 rings (SSSR count). The van der Waals surface area contributed by atoms with Crippen LogP contribution in [0.4, 0.5) is 17.6 Å². The van der Waals surface area contributed by atoms with Gasteiger partial charge in [0.2, 0.25) is 0 Å². The minimum absolute atomic E-state index is 0.0310. The van der Waals surface area contributed by atoms with Gasteiger partial charge in [0.25, 0.3) is 0 Å². The number of para-hydroxylation sites is 1. The summed E-state index contributed by atoms with van der Waals surface area (Å²) in [7, 11) is 1.50. The number of benzene rings is 2. The van der Waals surface area contributed by atoms with Crippen molar-refractivity contribution in [3.63, 3.8) is 0 Å². The molecule has 2 aromatic carbocycles. The second-order valence-corrected chi connectivity index (χ2v) is 10.8. The van der Waals surface area contributed by atoms with Crippen LogP contribution in [0.25, 0.3) is 0 Å². The summed E-state index contributed by atoms with van der Waals surface area (Å²) in [5.74, 6) is -1.19. The first kappa shape index (κ1) is 23.1. The number of aliphatic imine (C=N–C) groups is 1. The van der Waals surface area contributed by atoms with Crippen molar-refractivity contribution in [2.75, 3.05) is 7.05 Å². The predicted octanol–water partition coefficient (Wildman–Crippen LogP) is 2.14. The molecule has 1 unspecified atom stereocenters. The average molecular weight is 499 g/mol. The Bertz CT molecular complexity index is 1060. The van der Waals surface area contributed by atoms with E-state index >= 15 is 0 Å². The van der Waals surface area contributed by atoms with Crippen LogP contribution >= 0.6 is 0 Å². The summed E-state index contributed by atoms with van der Waals surface area (Å²) < 4.78 is 58.4. The number of hydrogen-bond acceptors (Lipinski definition) is 4. The van der Waals surface area contributed by atoms with E-state index < -0.39 is 38.9 Å². The Hall–Kier alpha value is -2.54. The molecule has 0 bridgehead atoms. The van der Waals surface area contributed by atoms with Gasteiger partial charge in [0.05, 0.1) is 0 Å². The van der Waals surface area contributed by atoms with Gasteiger partial charge in [0.15, 0.2) is 0 Å². The molecule has 2 N–H and O–H groups in total. The SMILES string of the molecule is CN1C(=O)C(C)(C)[C@@](C)(c2cc([AsH]c3ccccc3OC(F)(F)F)ccc2F)N=C1N. The quantitative estimate of drug-likeness (QED) is 0.518. The molecule has 0 saturated carbocycles. The van der Waals surface area contributed by atoms with Gasteiger partial charge in [-0.1, -0.05) is 0 Å². The van der Waals surface area contributed by atoms with Gasteiger partial charge in [-0.2, -0.15) is 0 Å². The molecule has 1 aliphatic rings. The summed E-state index contributed by atoms with van der Waals surface area (Å²) >= 11 is -1.32. The number of halogens is 4. The molecule has 0 aliphatic carbocycles. The standard InChI is InChI=1S/C21H22AsF4N3O2/c1-19(2)17(30)29(4)18(27)28-20(19,3)13-11-12(9-10-15(13)23)22-14-7-5-6-8-16(14)31-21(24,25)26/h5-11,22H,1-4H3,(H2,27,28)/t20-/m1/s1. The Balaban J connectivity index is 2.06. The Morgan fingerprint density at radius 3 is 2.42 bits per heavy atom. The van der Waals surface area contributed by atoms with Gasteiger partial charge in [-0.3, -0.25) is 0 Å². The van der Waals surface area contributed by atoms with Gasteiger partial charge < -0.3 is 0 Å². The van der Waals surface area contributed by atoms with Crippen molar-refractivity contribution in [1.29, 1.82) is 0 Å². The Labute approximate surface area is 184 Å². The van der Waals surface area contributed by atoms with Crippen molar-refractivity contribution in [1.82, 2.24) is 4.90 Å². The van der Waals surface area contributed by atoms with Gasteiger partial charge in [-0.15, -0.1) is 0 Å². The Morgan fingerprint density at radius 1 is 1.13 bits per heavy atom. The van der Waals surface area contributed by atoms with Crippen molar-refractivity contribution < 1.29 is 27.1 Å². The molecule has 0 aromatic heterocycles. The van der Waals surface area contributed by atoms with Gasteiger partial charge in [0.1, 0.15) is 0 Å². The maximum absolute atomic E-state index is 14.9. The molecular weight excluding hydrogens is 477 g/mol. The van der Waals surface area contributed by atoms with Crippen LogP contribution in [0.15, 0.2) is 47.5 Å². The average Bonchev–Trinajstić information content (AvgIpc) is 2.67. The monoisotopic (exact) mass is 499 g/mol. The molecule has 31 heavy (non-hydrogen) atoms. The van der Waals surface area contributed by atoms with Crippen LogP contribution in [-0.2, 0) is 10.3 Å². The molecule has 1 aliphatic heterocycles. The summed E-state index contributed by atoms with van der Waals surface area (Å²) in [5.41, 5.74) is 3.67. The van der Waals surface area contributed by atoms with E-state index in [0.717, 1.165) is 0 Å². The molecule has 1 amide bonds. The molecule has 2 aromatic rings. The maximum atomic E-state index is 14.9. The van der Waals surface area contributed by atoms with Crippen LogP contribution in [0, 0.1) is 11.2 Å². The molecule has 166 valence electrons. The van der Waals surface area contributed by atoms with Crippen LogP contribution < -0.4 is 19.2 Å². The molecule has 10 heteroatoms. The number of rotatable bonds is 4. The fourth-order valence-electron chi connectivity index (χ4n) is 3.49. The van der Waals surface area contributed by atoms with E-state index in [4.69, 9.17) is 5.73 Å². The van der Waals surface area contributed by atoms with E-state index in [-0.39, 0.29) is 23.2 Å². The zero-order valence-corrected chi connectivity index (χ0v) is 19.4. The minimum atomic E-state index is -4.81. The van der Waals surface area contributed by atoms with E-state index in [1.807, 2.05) is 0 Å². The van der Waals surface area contributed by atoms with Crippen LogP contribution in [0.3, 0.4) is 0 Å². The first-order valence-corrected chi connectivity index (χ1v) is 11.4. The van der Waals surface area contributed by atoms with Crippen molar-refractivity contribution in [3.8, 4) is 5.75 Å². The summed E-state index contributed by atoms with van der Waals surface area (Å²) in [4.78, 5) is 18.5. The first-order valence-electron chi connectivity index (χ1n) is 9.31. The van der Waals surface area contributed by atoms with Crippen LogP contribution in [-0.4, -0.2) is 45.9 Å². The topological polar surface area (TPSA) is 67.9 Å². The number of carbonyl (C=O) groups excluding carboxylic acids is 1. The number of amides is 1. The first-order chi connectivity index (χ1) is 14.3. The van der Waals surface area contributed by atoms with Crippen LogP contribution in [0.1, 0.15) is 26.3 Å². The van der Waals surface area contributed by atoms with Gasteiger partial charge in [-0.25, -0.2) is 0 Å². The Kier molecular flexibility index (Phi) is 5.86. The third kappa shape index (κ3) is 4.28. The zero-order chi connectivity index (χ0) is 23.2. The molecular formula is C21H22AsF4N3O2. The van der Waals surface area contributed by atoms with Crippen molar-refractivity contribution in [2.45, 2.75) is 32.7 Å². The molecule has 1 heterocycles. The molecule has 0 spiro atoms. The molecule has 0 radical (unpaired) electrons. The summed E-state index contributed by atoms with van der Waals surface area (Å²) in [6, 6.07) is 10.2. The van der Waals surface area contributed by atoms with Gasteiger partial charge >= 0.3 is 184 Å². The number of carbonyl (C=O) groups is 1. The molecule has 2 atom stereocenters. The zero-order valence-electron chi connectivity index (χ0n) is 17.3. The van der Waals surface area contributed by atoms with E-state index in [1.165, 1.54) is 36.2 Å². The molecule has 5 nitrogen and oxygen atoms in total. The van der Waals surface area contributed by atoms with Crippen LogP contribution in [0.2, 0.25) is 0 Å².